The Hall–Kier alpha value is -2.09. The van der Waals surface area contributed by atoms with Gasteiger partial charge in [0.15, 0.2) is 5.96 Å². The molecule has 0 saturated heterocycles. The minimum atomic E-state index is -3.41. The van der Waals surface area contributed by atoms with Crippen LogP contribution < -0.4 is 15.4 Å². The molecular formula is C20H25ClN4O2S. The number of rotatable bonds is 8. The lowest BCUT2D eigenvalue weighted by Gasteiger charge is -2.12. The molecule has 0 radical (unpaired) electrons. The summed E-state index contributed by atoms with van der Waals surface area (Å²) in [4.78, 5) is 4.86. The van der Waals surface area contributed by atoms with Crippen molar-refractivity contribution in [2.45, 2.75) is 43.8 Å². The summed E-state index contributed by atoms with van der Waals surface area (Å²) in [5, 5.41) is 7.16. The second-order valence-electron chi connectivity index (χ2n) is 6.72. The second kappa shape index (κ2) is 9.41. The van der Waals surface area contributed by atoms with Gasteiger partial charge in [-0.2, -0.15) is 0 Å². The minimum Gasteiger partial charge on any atom is -0.357 e. The Bertz CT molecular complexity index is 925. The highest BCUT2D eigenvalue weighted by molar-refractivity contribution is 7.89. The first kappa shape index (κ1) is 20.6. The van der Waals surface area contributed by atoms with E-state index in [-0.39, 0.29) is 6.04 Å². The molecule has 0 aromatic heterocycles. The Kier molecular flexibility index (Phi) is 6.93. The van der Waals surface area contributed by atoms with Crippen molar-refractivity contribution in [1.82, 2.24) is 15.4 Å². The number of sulfonamides is 1. The lowest BCUT2D eigenvalue weighted by Crippen LogP contribution is -2.36. The topological polar surface area (TPSA) is 82.6 Å². The third kappa shape index (κ3) is 6.22. The molecule has 0 heterocycles. The molecule has 1 aliphatic carbocycles. The van der Waals surface area contributed by atoms with E-state index in [4.69, 9.17) is 11.6 Å². The van der Waals surface area contributed by atoms with Crippen molar-refractivity contribution in [2.24, 2.45) is 4.99 Å². The lowest BCUT2D eigenvalue weighted by molar-refractivity contribution is 0.581. The predicted molar refractivity (Wildman–Crippen MR) is 113 cm³/mol. The summed E-state index contributed by atoms with van der Waals surface area (Å²) in [7, 11) is -3.41. The number of hydrogen-bond donors (Lipinski definition) is 3. The molecule has 0 bridgehead atoms. The maximum Gasteiger partial charge on any atom is 0.240 e. The van der Waals surface area contributed by atoms with Gasteiger partial charge in [0.05, 0.1) is 11.4 Å². The van der Waals surface area contributed by atoms with Crippen LogP contribution in [0.1, 0.15) is 30.9 Å². The molecule has 0 amide bonds. The molecule has 1 aliphatic rings. The van der Waals surface area contributed by atoms with Crippen LogP contribution in [0.4, 0.5) is 0 Å². The van der Waals surface area contributed by atoms with Crippen LogP contribution in [0.15, 0.2) is 58.4 Å². The van der Waals surface area contributed by atoms with Gasteiger partial charge in [0.1, 0.15) is 0 Å². The van der Waals surface area contributed by atoms with E-state index >= 15 is 0 Å². The van der Waals surface area contributed by atoms with Crippen molar-refractivity contribution in [1.29, 1.82) is 0 Å². The van der Waals surface area contributed by atoms with Gasteiger partial charge < -0.3 is 10.6 Å². The summed E-state index contributed by atoms with van der Waals surface area (Å²) in [6, 6.07) is 14.6. The summed E-state index contributed by atoms with van der Waals surface area (Å²) in [6.07, 6.45) is 1.84. The van der Waals surface area contributed by atoms with Crippen molar-refractivity contribution in [3.05, 3.63) is 64.7 Å². The van der Waals surface area contributed by atoms with E-state index in [0.29, 0.717) is 29.0 Å². The highest BCUT2D eigenvalue weighted by Gasteiger charge is 2.27. The minimum absolute atomic E-state index is 0.102. The molecule has 2 aromatic carbocycles. The zero-order valence-electron chi connectivity index (χ0n) is 15.8. The van der Waals surface area contributed by atoms with Gasteiger partial charge in [0.2, 0.25) is 10.0 Å². The van der Waals surface area contributed by atoms with Crippen molar-refractivity contribution in [2.75, 3.05) is 6.54 Å². The highest BCUT2D eigenvalue weighted by atomic mass is 35.5. The Morgan fingerprint density at radius 3 is 2.50 bits per heavy atom. The molecule has 8 heteroatoms. The van der Waals surface area contributed by atoms with E-state index in [1.54, 1.807) is 12.1 Å². The molecule has 6 nitrogen and oxygen atoms in total. The number of nitrogens with one attached hydrogen (secondary N) is 3. The summed E-state index contributed by atoms with van der Waals surface area (Å²) in [5.41, 5.74) is 2.00. The van der Waals surface area contributed by atoms with E-state index in [9.17, 15) is 8.42 Å². The van der Waals surface area contributed by atoms with Crippen LogP contribution in [-0.4, -0.2) is 27.0 Å². The van der Waals surface area contributed by atoms with Crippen LogP contribution in [-0.2, 0) is 23.1 Å². The maximum atomic E-state index is 12.2. The summed E-state index contributed by atoms with van der Waals surface area (Å²) < 4.78 is 27.1. The van der Waals surface area contributed by atoms with Crippen molar-refractivity contribution in [3.8, 4) is 0 Å². The fraction of sp³-hybridized carbons (Fsp3) is 0.350. The Morgan fingerprint density at radius 2 is 1.86 bits per heavy atom. The SMILES string of the molecule is CCNC(=NCc1cccc(Cl)c1)NCc1ccc(S(=O)(=O)NC2CC2)cc1. The zero-order chi connectivity index (χ0) is 20.0. The predicted octanol–water partition coefficient (Wildman–Crippen LogP) is 3.04. The van der Waals surface area contributed by atoms with Gasteiger partial charge in [-0.1, -0.05) is 35.9 Å². The Balaban J connectivity index is 1.59. The highest BCUT2D eigenvalue weighted by Crippen LogP contribution is 2.22. The second-order valence-corrected chi connectivity index (χ2v) is 8.87. The van der Waals surface area contributed by atoms with E-state index in [0.717, 1.165) is 30.5 Å². The number of hydrogen-bond acceptors (Lipinski definition) is 3. The Labute approximate surface area is 171 Å². The fourth-order valence-corrected chi connectivity index (χ4v) is 4.13. The van der Waals surface area contributed by atoms with E-state index < -0.39 is 10.0 Å². The molecule has 0 aliphatic heterocycles. The molecular weight excluding hydrogens is 396 g/mol. The van der Waals surface area contributed by atoms with Gasteiger partial charge in [-0.05, 0) is 55.2 Å². The number of guanidine groups is 1. The van der Waals surface area contributed by atoms with Gasteiger partial charge in [-0.3, -0.25) is 0 Å². The smallest absolute Gasteiger partial charge is 0.240 e. The van der Waals surface area contributed by atoms with Crippen molar-refractivity contribution in [3.63, 3.8) is 0 Å². The third-order valence-corrected chi connectivity index (χ3v) is 6.02. The molecule has 3 rings (SSSR count). The fourth-order valence-electron chi connectivity index (χ4n) is 2.61. The Morgan fingerprint density at radius 1 is 1.11 bits per heavy atom. The van der Waals surface area contributed by atoms with Crippen molar-refractivity contribution >= 4 is 27.6 Å². The molecule has 0 atom stereocenters. The van der Waals surface area contributed by atoms with Gasteiger partial charge in [0.25, 0.3) is 0 Å². The first-order valence-electron chi connectivity index (χ1n) is 9.34. The average molecular weight is 421 g/mol. The first-order valence-corrected chi connectivity index (χ1v) is 11.2. The first-order chi connectivity index (χ1) is 13.5. The normalized spacial score (nSPS) is 14.7. The molecule has 150 valence electrons. The molecule has 2 aromatic rings. The zero-order valence-corrected chi connectivity index (χ0v) is 17.4. The number of aliphatic imine (C=N–C) groups is 1. The molecule has 28 heavy (non-hydrogen) atoms. The molecule has 1 fully saturated rings. The number of benzene rings is 2. The van der Waals surface area contributed by atoms with E-state index in [1.807, 2.05) is 43.3 Å². The van der Waals surface area contributed by atoms with Crippen LogP contribution in [0.5, 0.6) is 0 Å². The molecule has 0 unspecified atom stereocenters. The average Bonchev–Trinajstić information content (AvgIpc) is 3.48. The van der Waals surface area contributed by atoms with Crippen molar-refractivity contribution < 1.29 is 8.42 Å². The third-order valence-electron chi connectivity index (χ3n) is 4.25. The van der Waals surface area contributed by atoms with Gasteiger partial charge in [0, 0.05) is 24.2 Å². The molecule has 1 saturated carbocycles. The van der Waals surface area contributed by atoms with Crippen LogP contribution in [0.3, 0.4) is 0 Å². The van der Waals surface area contributed by atoms with Crippen LogP contribution in [0.2, 0.25) is 5.02 Å². The molecule has 0 spiro atoms. The summed E-state index contributed by atoms with van der Waals surface area (Å²) in [5.74, 6) is 0.689. The van der Waals surface area contributed by atoms with Crippen LogP contribution >= 0.6 is 11.6 Å². The quantitative estimate of drug-likeness (QED) is 0.452. The number of halogens is 1. The van der Waals surface area contributed by atoms with Gasteiger partial charge >= 0.3 is 0 Å². The van der Waals surface area contributed by atoms with Gasteiger partial charge in [-0.15, -0.1) is 0 Å². The summed E-state index contributed by atoms with van der Waals surface area (Å²) in [6.45, 7) is 3.80. The standard InChI is InChI=1S/C20H25ClN4O2S/c1-2-22-20(24-14-16-4-3-5-17(21)12-16)23-13-15-6-10-19(11-7-15)28(26,27)25-18-8-9-18/h3-7,10-12,18,25H,2,8-9,13-14H2,1H3,(H2,22,23,24). The van der Waals surface area contributed by atoms with Crippen LogP contribution in [0, 0.1) is 0 Å². The van der Waals surface area contributed by atoms with E-state index in [2.05, 4.69) is 20.3 Å². The largest absolute Gasteiger partial charge is 0.357 e. The van der Waals surface area contributed by atoms with E-state index in [1.165, 1.54) is 0 Å². The van der Waals surface area contributed by atoms with Crippen LogP contribution in [0.25, 0.3) is 0 Å². The lowest BCUT2D eigenvalue weighted by atomic mass is 10.2. The van der Waals surface area contributed by atoms with Gasteiger partial charge in [-0.25, -0.2) is 18.1 Å². The number of nitrogens with zero attached hydrogens (tertiary/aromatic N) is 1. The maximum absolute atomic E-state index is 12.2. The molecule has 3 N–H and O–H groups in total. The summed E-state index contributed by atoms with van der Waals surface area (Å²) >= 11 is 6.01. The monoisotopic (exact) mass is 420 g/mol.